The van der Waals surface area contributed by atoms with E-state index in [-0.39, 0.29) is 30.3 Å². The third kappa shape index (κ3) is 13.4. The van der Waals surface area contributed by atoms with Gasteiger partial charge in [0.05, 0.1) is 50.8 Å². The molecule has 7 nitrogen and oxygen atoms in total. The first-order chi connectivity index (χ1) is 21.5. The van der Waals surface area contributed by atoms with Crippen LogP contribution in [0.25, 0.3) is 0 Å². The van der Waals surface area contributed by atoms with E-state index in [0.29, 0.717) is 32.8 Å². The van der Waals surface area contributed by atoms with Crippen LogP contribution in [-0.2, 0) is 37.0 Å². The van der Waals surface area contributed by atoms with Crippen LogP contribution in [0.4, 0.5) is 0 Å². The molecule has 0 amide bonds. The van der Waals surface area contributed by atoms with Gasteiger partial charge >= 0.3 is 5.97 Å². The summed E-state index contributed by atoms with van der Waals surface area (Å²) < 4.78 is 24.8. The summed E-state index contributed by atoms with van der Waals surface area (Å²) in [7, 11) is 2.13. The molecule has 0 aliphatic heterocycles. The lowest BCUT2D eigenvalue weighted by molar-refractivity contribution is -0.143. The van der Waals surface area contributed by atoms with Crippen LogP contribution in [0.15, 0.2) is 60.7 Å². The van der Waals surface area contributed by atoms with Gasteiger partial charge in [-0.2, -0.15) is 0 Å². The maximum absolute atomic E-state index is 11.8. The second-order valence-corrected chi connectivity index (χ2v) is 12.1. The van der Waals surface area contributed by atoms with Crippen LogP contribution in [0.1, 0.15) is 95.6 Å². The number of unbranched alkanes of at least 4 members (excludes halogenated alkanes) is 6. The number of hydrogen-bond donors (Lipinski definition) is 1. The van der Waals surface area contributed by atoms with Gasteiger partial charge in [-0.05, 0) is 50.9 Å². The van der Waals surface area contributed by atoms with E-state index in [1.807, 2.05) is 43.3 Å². The van der Waals surface area contributed by atoms with Gasteiger partial charge < -0.3 is 24.1 Å². The fraction of sp³-hybridized carbons (Fsp3) is 0.649. The molecule has 3 rings (SSSR count). The van der Waals surface area contributed by atoms with E-state index < -0.39 is 6.10 Å². The van der Waals surface area contributed by atoms with Crippen molar-refractivity contribution in [3.8, 4) is 0 Å². The number of carbonyl (C=O) groups excluding carboxylic acids is 1. The molecule has 1 fully saturated rings. The summed E-state index contributed by atoms with van der Waals surface area (Å²) in [6.45, 7) is 6.65. The maximum atomic E-state index is 11.8. The van der Waals surface area contributed by atoms with Crippen LogP contribution in [0.3, 0.4) is 0 Å². The molecule has 44 heavy (non-hydrogen) atoms. The summed E-state index contributed by atoms with van der Waals surface area (Å²) in [5.41, 5.74) is 2.26. The zero-order valence-electron chi connectivity index (χ0n) is 27.4. The van der Waals surface area contributed by atoms with E-state index in [9.17, 15) is 9.90 Å². The zero-order chi connectivity index (χ0) is 31.4. The Kier molecular flexibility index (Phi) is 17.6. The number of nitrogens with zero attached hydrogens (tertiary/aromatic N) is 1. The second kappa shape index (κ2) is 21.4. The van der Waals surface area contributed by atoms with Gasteiger partial charge in [-0.15, -0.1) is 0 Å². The molecule has 1 N–H and O–H groups in total. The highest BCUT2D eigenvalue weighted by Crippen LogP contribution is 2.33. The third-order valence-corrected chi connectivity index (χ3v) is 8.49. The number of aliphatic hydroxyl groups is 1. The Hall–Kier alpha value is -2.29. The molecule has 0 saturated heterocycles. The van der Waals surface area contributed by atoms with Gasteiger partial charge in [0.2, 0.25) is 0 Å². The Labute approximate surface area is 266 Å². The van der Waals surface area contributed by atoms with Gasteiger partial charge in [0, 0.05) is 12.8 Å². The van der Waals surface area contributed by atoms with E-state index >= 15 is 0 Å². The van der Waals surface area contributed by atoms with Crippen molar-refractivity contribution in [2.75, 3.05) is 26.8 Å². The molecular formula is C37H57NO6. The molecule has 2 aromatic carbocycles. The van der Waals surface area contributed by atoms with Crippen molar-refractivity contribution in [2.45, 2.75) is 128 Å². The molecule has 0 bridgehead atoms. The van der Waals surface area contributed by atoms with Gasteiger partial charge in [0.15, 0.2) is 0 Å². The van der Waals surface area contributed by atoms with Crippen molar-refractivity contribution in [1.82, 2.24) is 4.90 Å². The van der Waals surface area contributed by atoms with E-state index in [1.54, 1.807) is 0 Å². The maximum Gasteiger partial charge on any atom is 0.305 e. The largest absolute Gasteiger partial charge is 0.466 e. The molecule has 1 aliphatic rings. The van der Waals surface area contributed by atoms with Gasteiger partial charge in [-0.25, -0.2) is 0 Å². The minimum Gasteiger partial charge on any atom is -0.466 e. The molecule has 7 heteroatoms. The first kappa shape index (κ1) is 36.2. The summed E-state index contributed by atoms with van der Waals surface area (Å²) >= 11 is 0. The first-order valence-corrected chi connectivity index (χ1v) is 17.0. The predicted molar refractivity (Wildman–Crippen MR) is 175 cm³/mol. The highest BCUT2D eigenvalue weighted by atomic mass is 16.6. The molecule has 1 aliphatic carbocycles. The summed E-state index contributed by atoms with van der Waals surface area (Å²) in [4.78, 5) is 14.1. The number of rotatable bonds is 23. The third-order valence-electron chi connectivity index (χ3n) is 8.49. The molecule has 246 valence electrons. The van der Waals surface area contributed by atoms with Gasteiger partial charge in [0.1, 0.15) is 6.10 Å². The average Bonchev–Trinajstić information content (AvgIpc) is 3.39. The van der Waals surface area contributed by atoms with E-state index in [2.05, 4.69) is 43.1 Å². The summed E-state index contributed by atoms with van der Waals surface area (Å²) in [5.74, 6) is -0.123. The second-order valence-electron chi connectivity index (χ2n) is 12.1. The molecule has 1 saturated carbocycles. The Morgan fingerprint density at radius 2 is 1.43 bits per heavy atom. The lowest BCUT2D eigenvalue weighted by atomic mass is 10.1. The number of ether oxygens (including phenoxy) is 4. The standard InChI is InChI=1S/C37H57NO6/c1-4-6-7-8-16-23-32(39)29-44-37-34(43-28-31-21-14-10-15-22-31)26-33(42-27-30-19-12-9-13-20-30)36(37)38(3)25-18-11-17-24-35(40)41-5-2/h9-10,12-15,19-22,32-34,36-37,39H,4-8,11,16-18,23-29H2,1-3H3/t32?,33-,34+,36+,37+/m0/s1. The molecule has 2 aromatic rings. The van der Waals surface area contributed by atoms with Crippen molar-refractivity contribution in [3.63, 3.8) is 0 Å². The Morgan fingerprint density at radius 1 is 0.818 bits per heavy atom. The molecule has 0 aromatic heterocycles. The SMILES string of the molecule is CCCCCCCC(O)CO[C@H]1[C@H](N(C)CCCCCC(=O)OCC)[C@@H](OCc2ccccc2)C[C@H]1OCc1ccccc1. The molecule has 0 radical (unpaired) electrons. The molecule has 1 unspecified atom stereocenters. The fourth-order valence-electron chi connectivity index (χ4n) is 6.04. The quantitative estimate of drug-likeness (QED) is 0.106. The van der Waals surface area contributed by atoms with Crippen LogP contribution in [-0.4, -0.2) is 73.2 Å². The highest BCUT2D eigenvalue weighted by Gasteiger charge is 2.47. The smallest absolute Gasteiger partial charge is 0.305 e. The van der Waals surface area contributed by atoms with Crippen LogP contribution >= 0.6 is 0 Å². The van der Waals surface area contributed by atoms with Gasteiger partial charge in [-0.1, -0.05) is 106 Å². The normalized spacial score (nSPS) is 20.7. The van der Waals surface area contributed by atoms with Crippen molar-refractivity contribution >= 4 is 5.97 Å². The van der Waals surface area contributed by atoms with Crippen molar-refractivity contribution in [1.29, 1.82) is 0 Å². The van der Waals surface area contributed by atoms with Crippen LogP contribution < -0.4 is 0 Å². The van der Waals surface area contributed by atoms with Crippen LogP contribution in [0.2, 0.25) is 0 Å². The lowest BCUT2D eigenvalue weighted by Crippen LogP contribution is -2.49. The van der Waals surface area contributed by atoms with E-state index in [4.69, 9.17) is 18.9 Å². The zero-order valence-corrected chi connectivity index (χ0v) is 27.4. The van der Waals surface area contributed by atoms with Gasteiger partial charge in [0.25, 0.3) is 0 Å². The Morgan fingerprint density at radius 3 is 2.07 bits per heavy atom. The number of hydrogen-bond acceptors (Lipinski definition) is 7. The summed E-state index contributed by atoms with van der Waals surface area (Å²) in [5, 5.41) is 10.8. The average molecular weight is 612 g/mol. The van der Waals surface area contributed by atoms with Crippen molar-refractivity contribution < 1.29 is 28.8 Å². The topological polar surface area (TPSA) is 77.5 Å². The number of carbonyl (C=O) groups is 1. The van der Waals surface area contributed by atoms with E-state index in [1.165, 1.54) is 19.3 Å². The van der Waals surface area contributed by atoms with Crippen molar-refractivity contribution in [2.24, 2.45) is 0 Å². The monoisotopic (exact) mass is 611 g/mol. The molecule has 5 atom stereocenters. The molecular weight excluding hydrogens is 554 g/mol. The Balaban J connectivity index is 1.68. The van der Waals surface area contributed by atoms with Crippen molar-refractivity contribution in [3.05, 3.63) is 71.8 Å². The minimum absolute atomic E-state index is 0.0266. The predicted octanol–water partition coefficient (Wildman–Crippen LogP) is 7.09. The number of esters is 1. The minimum atomic E-state index is -0.496. The first-order valence-electron chi connectivity index (χ1n) is 17.0. The van der Waals surface area contributed by atoms with E-state index in [0.717, 1.165) is 62.6 Å². The fourth-order valence-corrected chi connectivity index (χ4v) is 6.04. The number of likely N-dealkylation sites (N-methyl/N-ethyl adjacent to an activating group) is 1. The Bertz CT molecular complexity index is 1010. The lowest BCUT2D eigenvalue weighted by Gasteiger charge is -2.35. The number of benzene rings is 2. The molecule has 0 heterocycles. The van der Waals surface area contributed by atoms with Crippen LogP contribution in [0, 0.1) is 0 Å². The summed E-state index contributed by atoms with van der Waals surface area (Å²) in [6, 6.07) is 20.5. The molecule has 0 spiro atoms. The van der Waals surface area contributed by atoms with Crippen LogP contribution in [0.5, 0.6) is 0 Å². The van der Waals surface area contributed by atoms with Gasteiger partial charge in [-0.3, -0.25) is 9.69 Å². The highest BCUT2D eigenvalue weighted by molar-refractivity contribution is 5.69. The number of aliphatic hydroxyl groups excluding tert-OH is 1. The summed E-state index contributed by atoms with van der Waals surface area (Å²) in [6.07, 6.45) is 9.51.